The fourth-order valence-corrected chi connectivity index (χ4v) is 5.50. The molecule has 4 atom stereocenters. The third kappa shape index (κ3) is 4.06. The zero-order valence-electron chi connectivity index (χ0n) is 18.4. The van der Waals surface area contributed by atoms with Crippen molar-refractivity contribution in [2.45, 2.75) is 36.9 Å². The SMILES string of the molecule is CC1N(Cc2ccccc2F)C(C(=O)O)C(c2cccc(Cl)c2F)C1(C#N)c1ccc(Cl)cc1F. The number of nitriles is 1. The average molecular weight is 519 g/mol. The van der Waals surface area contributed by atoms with Crippen LogP contribution in [0.15, 0.2) is 60.7 Å². The van der Waals surface area contributed by atoms with Crippen LogP contribution in [0.3, 0.4) is 0 Å². The summed E-state index contributed by atoms with van der Waals surface area (Å²) in [7, 11) is 0. The fraction of sp³-hybridized carbons (Fsp3) is 0.231. The predicted octanol–water partition coefficient (Wildman–Crippen LogP) is 6.31. The maximum Gasteiger partial charge on any atom is 0.321 e. The minimum absolute atomic E-state index is 0.0773. The van der Waals surface area contributed by atoms with Gasteiger partial charge in [0.1, 0.15) is 28.9 Å². The minimum Gasteiger partial charge on any atom is -0.480 e. The third-order valence-electron chi connectivity index (χ3n) is 6.76. The summed E-state index contributed by atoms with van der Waals surface area (Å²) in [6.45, 7) is 1.35. The Hall–Kier alpha value is -3.05. The number of halogens is 5. The largest absolute Gasteiger partial charge is 0.480 e. The molecular weight excluding hydrogens is 500 g/mol. The lowest BCUT2D eigenvalue weighted by Gasteiger charge is -2.34. The van der Waals surface area contributed by atoms with E-state index in [0.717, 1.165) is 6.07 Å². The van der Waals surface area contributed by atoms with Crippen LogP contribution in [-0.2, 0) is 16.8 Å². The molecule has 1 fully saturated rings. The molecule has 0 amide bonds. The summed E-state index contributed by atoms with van der Waals surface area (Å²) in [4.78, 5) is 14.1. The summed E-state index contributed by atoms with van der Waals surface area (Å²) in [5.74, 6) is -5.07. The van der Waals surface area contributed by atoms with Crippen molar-refractivity contribution in [3.8, 4) is 6.07 Å². The molecule has 4 rings (SSSR count). The van der Waals surface area contributed by atoms with E-state index in [-0.39, 0.29) is 33.3 Å². The van der Waals surface area contributed by atoms with Crippen LogP contribution in [0.4, 0.5) is 13.2 Å². The molecule has 0 aliphatic carbocycles. The summed E-state index contributed by atoms with van der Waals surface area (Å²) >= 11 is 12.0. The van der Waals surface area contributed by atoms with Crippen LogP contribution in [0.25, 0.3) is 0 Å². The number of likely N-dealkylation sites (tertiary alicyclic amines) is 1. The molecule has 0 bridgehead atoms. The lowest BCUT2D eigenvalue weighted by molar-refractivity contribution is -0.143. The van der Waals surface area contributed by atoms with Crippen LogP contribution >= 0.6 is 23.2 Å². The van der Waals surface area contributed by atoms with Gasteiger partial charge in [0.05, 0.1) is 11.1 Å². The molecule has 4 nitrogen and oxygen atoms in total. The van der Waals surface area contributed by atoms with E-state index in [9.17, 15) is 19.6 Å². The molecule has 0 saturated carbocycles. The topological polar surface area (TPSA) is 64.3 Å². The number of benzene rings is 3. The van der Waals surface area contributed by atoms with Crippen LogP contribution in [0.5, 0.6) is 0 Å². The van der Waals surface area contributed by atoms with Crippen LogP contribution < -0.4 is 0 Å². The van der Waals surface area contributed by atoms with Crippen LogP contribution in [0.2, 0.25) is 10.0 Å². The number of carboxylic acid groups (broad SMARTS) is 1. The Kier molecular flexibility index (Phi) is 6.83. The molecule has 1 N–H and O–H groups in total. The highest BCUT2D eigenvalue weighted by Gasteiger charge is 2.63. The normalized spacial score (nSPS) is 24.3. The van der Waals surface area contributed by atoms with Gasteiger partial charge in [0, 0.05) is 34.7 Å². The van der Waals surface area contributed by atoms with Gasteiger partial charge in [0.2, 0.25) is 0 Å². The van der Waals surface area contributed by atoms with Crippen LogP contribution in [0, 0.1) is 28.8 Å². The summed E-state index contributed by atoms with van der Waals surface area (Å²) < 4.78 is 45.3. The first kappa shape index (κ1) is 25.1. The van der Waals surface area contributed by atoms with Crippen molar-refractivity contribution in [2.24, 2.45) is 0 Å². The van der Waals surface area contributed by atoms with Gasteiger partial charge in [-0.3, -0.25) is 9.69 Å². The molecule has 0 spiro atoms. The molecule has 0 radical (unpaired) electrons. The van der Waals surface area contributed by atoms with Gasteiger partial charge in [0.25, 0.3) is 0 Å². The molecule has 4 unspecified atom stereocenters. The average Bonchev–Trinajstić information content (AvgIpc) is 3.06. The van der Waals surface area contributed by atoms with Crippen molar-refractivity contribution in [3.63, 3.8) is 0 Å². The Morgan fingerprint density at radius 3 is 2.43 bits per heavy atom. The van der Waals surface area contributed by atoms with Gasteiger partial charge in [-0.2, -0.15) is 5.26 Å². The predicted molar refractivity (Wildman–Crippen MR) is 126 cm³/mol. The summed E-state index contributed by atoms with van der Waals surface area (Å²) in [5, 5.41) is 20.7. The van der Waals surface area contributed by atoms with E-state index in [1.807, 2.05) is 0 Å². The number of rotatable bonds is 5. The highest BCUT2D eigenvalue weighted by molar-refractivity contribution is 6.31. The molecule has 35 heavy (non-hydrogen) atoms. The standard InChI is InChI=1S/C26H19Cl2F3N2O2/c1-14-26(13-32,18-10-9-16(27)11-21(18)30)22(17-6-4-7-19(28)23(17)31)24(25(34)35)33(14)12-15-5-2-3-8-20(15)29/h2-11,14,22,24H,12H2,1H3,(H,34,35). The van der Waals surface area contributed by atoms with Crippen LogP contribution in [-0.4, -0.2) is 28.1 Å². The monoisotopic (exact) mass is 518 g/mol. The third-order valence-corrected chi connectivity index (χ3v) is 7.29. The van der Waals surface area contributed by atoms with E-state index in [0.29, 0.717) is 0 Å². The Morgan fingerprint density at radius 1 is 1.09 bits per heavy atom. The number of carboxylic acids is 1. The van der Waals surface area contributed by atoms with E-state index in [2.05, 4.69) is 6.07 Å². The number of hydrogen-bond acceptors (Lipinski definition) is 3. The molecular formula is C26H19Cl2F3N2O2. The number of carbonyl (C=O) groups is 1. The lowest BCUT2D eigenvalue weighted by Crippen LogP contribution is -2.42. The molecule has 1 aliphatic heterocycles. The second kappa shape index (κ2) is 9.54. The molecule has 1 saturated heterocycles. The van der Waals surface area contributed by atoms with Gasteiger partial charge in [-0.25, -0.2) is 13.2 Å². The summed E-state index contributed by atoms with van der Waals surface area (Å²) in [6, 6.07) is 13.2. The summed E-state index contributed by atoms with van der Waals surface area (Å²) in [6.07, 6.45) is 0. The van der Waals surface area contributed by atoms with E-state index >= 15 is 8.78 Å². The maximum absolute atomic E-state index is 15.4. The van der Waals surface area contributed by atoms with Crippen molar-refractivity contribution in [3.05, 3.63) is 105 Å². The van der Waals surface area contributed by atoms with Crippen molar-refractivity contribution < 1.29 is 23.1 Å². The van der Waals surface area contributed by atoms with E-state index in [1.165, 1.54) is 53.4 Å². The Labute approximate surface area is 210 Å². The second-order valence-corrected chi connectivity index (χ2v) is 9.29. The molecule has 9 heteroatoms. The summed E-state index contributed by atoms with van der Waals surface area (Å²) in [5.41, 5.74) is -1.98. The Bertz CT molecular complexity index is 1350. The van der Waals surface area contributed by atoms with Crippen LogP contribution in [0.1, 0.15) is 29.5 Å². The van der Waals surface area contributed by atoms with Gasteiger partial charge < -0.3 is 5.11 Å². The van der Waals surface area contributed by atoms with Crippen molar-refractivity contribution in [1.29, 1.82) is 5.26 Å². The Balaban J connectivity index is 2.03. The van der Waals surface area contributed by atoms with Gasteiger partial charge in [-0.05, 0) is 36.8 Å². The van der Waals surface area contributed by atoms with E-state index in [4.69, 9.17) is 23.2 Å². The lowest BCUT2D eigenvalue weighted by atomic mass is 9.65. The zero-order chi connectivity index (χ0) is 25.5. The highest BCUT2D eigenvalue weighted by atomic mass is 35.5. The maximum atomic E-state index is 15.4. The molecule has 1 heterocycles. The molecule has 3 aromatic carbocycles. The molecule has 0 aromatic heterocycles. The highest BCUT2D eigenvalue weighted by Crippen LogP contribution is 2.54. The van der Waals surface area contributed by atoms with Crippen molar-refractivity contribution in [2.75, 3.05) is 0 Å². The van der Waals surface area contributed by atoms with E-state index < -0.39 is 46.8 Å². The second-order valence-electron chi connectivity index (χ2n) is 8.45. The van der Waals surface area contributed by atoms with E-state index in [1.54, 1.807) is 13.0 Å². The first-order chi connectivity index (χ1) is 16.6. The van der Waals surface area contributed by atoms with Gasteiger partial charge in [-0.1, -0.05) is 59.6 Å². The van der Waals surface area contributed by atoms with Gasteiger partial charge in [-0.15, -0.1) is 0 Å². The fourth-order valence-electron chi connectivity index (χ4n) is 5.16. The molecule has 3 aromatic rings. The number of hydrogen-bond donors (Lipinski definition) is 1. The molecule has 1 aliphatic rings. The number of nitrogens with zero attached hydrogens (tertiary/aromatic N) is 2. The van der Waals surface area contributed by atoms with Crippen molar-refractivity contribution in [1.82, 2.24) is 4.90 Å². The minimum atomic E-state index is -1.88. The number of aliphatic carboxylic acids is 1. The first-order valence-corrected chi connectivity index (χ1v) is 11.4. The van der Waals surface area contributed by atoms with Crippen molar-refractivity contribution >= 4 is 29.2 Å². The Morgan fingerprint density at radius 2 is 1.80 bits per heavy atom. The quantitative estimate of drug-likeness (QED) is 0.429. The first-order valence-electron chi connectivity index (χ1n) is 10.7. The van der Waals surface area contributed by atoms with Gasteiger partial charge in [0.15, 0.2) is 0 Å². The zero-order valence-corrected chi connectivity index (χ0v) is 19.9. The van der Waals surface area contributed by atoms with Gasteiger partial charge >= 0.3 is 5.97 Å². The molecule has 180 valence electrons. The smallest absolute Gasteiger partial charge is 0.321 e.